The normalized spacial score (nSPS) is 44.3. The molecule has 27 heavy (non-hydrogen) atoms. The summed E-state index contributed by atoms with van der Waals surface area (Å²) in [6.45, 7) is 1.10. The summed E-state index contributed by atoms with van der Waals surface area (Å²) in [5, 5.41) is 39.1. The van der Waals surface area contributed by atoms with Crippen molar-refractivity contribution in [2.24, 2.45) is 17.8 Å². The van der Waals surface area contributed by atoms with Crippen molar-refractivity contribution in [3.8, 4) is 0 Å². The molecule has 0 aromatic rings. The molecule has 1 aliphatic carbocycles. The highest BCUT2D eigenvalue weighted by Crippen LogP contribution is 2.45. The summed E-state index contributed by atoms with van der Waals surface area (Å²) < 4.78 is 21.2. The van der Waals surface area contributed by atoms with E-state index >= 15 is 0 Å². The van der Waals surface area contributed by atoms with Crippen molar-refractivity contribution in [3.05, 3.63) is 11.8 Å². The number of esters is 1. The van der Waals surface area contributed by atoms with Crippen molar-refractivity contribution >= 4 is 11.8 Å². The first-order valence-corrected chi connectivity index (χ1v) is 8.72. The monoisotopic (exact) mass is 388 g/mol. The van der Waals surface area contributed by atoms with Crippen molar-refractivity contribution < 1.29 is 49.0 Å². The van der Waals surface area contributed by atoms with Gasteiger partial charge in [-0.25, -0.2) is 4.79 Å². The molecule has 0 spiro atoms. The van der Waals surface area contributed by atoms with Gasteiger partial charge in [0.2, 0.25) is 6.29 Å². The van der Waals surface area contributed by atoms with Gasteiger partial charge in [0, 0.05) is 24.2 Å². The number of ether oxygens (including phenoxy) is 4. The molecule has 1 saturated heterocycles. The van der Waals surface area contributed by atoms with Gasteiger partial charge in [-0.15, -0.1) is 0 Å². The van der Waals surface area contributed by atoms with E-state index in [9.17, 15) is 30.0 Å². The van der Waals surface area contributed by atoms with E-state index in [-0.39, 0.29) is 17.8 Å². The van der Waals surface area contributed by atoms with E-state index in [0.717, 1.165) is 0 Å². The molecule has 2 heterocycles. The SMILES string of the molecule is COC(=O)C1=CO[C@H](O[C@@H]2O[C@H](CO)[C@@H](O)[C@H](O)[C@H]2O)[C@H]2[C@H](C)C(=O)C[C@@H]12. The standard InChI is InChI=1S/C17H24O10/c1-6-9(19)3-7-8(15(23)24-2)5-25-16(11(6)7)27-17-14(22)13(21)12(20)10(4-18)26-17/h5-7,10-14,16-18,20-22H,3-4H2,1-2H3/t6-,7+,10-,11+,12-,13+,14-,16-,17+/m1/s1. The van der Waals surface area contributed by atoms with E-state index in [1.807, 2.05) is 0 Å². The molecule has 0 aromatic heterocycles. The van der Waals surface area contributed by atoms with Crippen LogP contribution in [0.25, 0.3) is 0 Å². The third kappa shape index (κ3) is 3.48. The van der Waals surface area contributed by atoms with Crippen molar-refractivity contribution in [1.29, 1.82) is 0 Å². The second kappa shape index (κ2) is 7.82. The van der Waals surface area contributed by atoms with Crippen LogP contribution in [0, 0.1) is 17.8 Å². The van der Waals surface area contributed by atoms with E-state index in [0.29, 0.717) is 0 Å². The average molecular weight is 388 g/mol. The minimum absolute atomic E-state index is 0.0623. The second-order valence-electron chi connectivity index (χ2n) is 7.05. The number of aliphatic hydroxyl groups excluding tert-OH is 4. The highest BCUT2D eigenvalue weighted by Gasteiger charge is 2.53. The first-order valence-electron chi connectivity index (χ1n) is 8.72. The number of Topliss-reactive ketones (excluding diaryl/α,β-unsaturated/α-hetero) is 1. The van der Waals surface area contributed by atoms with Crippen LogP contribution in [-0.2, 0) is 28.5 Å². The lowest BCUT2D eigenvalue weighted by Gasteiger charge is -2.42. The molecule has 0 bridgehead atoms. The lowest BCUT2D eigenvalue weighted by molar-refractivity contribution is -0.342. The number of ketones is 1. The molecule has 0 unspecified atom stereocenters. The van der Waals surface area contributed by atoms with Crippen LogP contribution in [0.3, 0.4) is 0 Å². The van der Waals surface area contributed by atoms with Gasteiger partial charge < -0.3 is 39.4 Å². The molecule has 0 amide bonds. The molecule has 2 aliphatic heterocycles. The number of carbonyl (C=O) groups excluding carboxylic acids is 2. The summed E-state index contributed by atoms with van der Waals surface area (Å²) in [6.07, 6.45) is -6.96. The maximum absolute atomic E-state index is 12.2. The van der Waals surface area contributed by atoms with Crippen LogP contribution in [0.4, 0.5) is 0 Å². The average Bonchev–Trinajstić information content (AvgIpc) is 2.96. The quantitative estimate of drug-likeness (QED) is 0.400. The van der Waals surface area contributed by atoms with Gasteiger partial charge in [-0.05, 0) is 0 Å². The zero-order chi connectivity index (χ0) is 19.9. The predicted molar refractivity (Wildman–Crippen MR) is 85.6 cm³/mol. The van der Waals surface area contributed by atoms with Crippen LogP contribution in [0.2, 0.25) is 0 Å². The van der Waals surface area contributed by atoms with Crippen LogP contribution < -0.4 is 0 Å². The Hall–Kier alpha value is -1.56. The smallest absolute Gasteiger partial charge is 0.337 e. The molecule has 3 rings (SSSR count). The summed E-state index contributed by atoms with van der Waals surface area (Å²) in [7, 11) is 1.23. The van der Waals surface area contributed by atoms with E-state index < -0.39 is 67.3 Å². The van der Waals surface area contributed by atoms with Gasteiger partial charge in [0.1, 0.15) is 30.2 Å². The number of fused-ring (bicyclic) bond motifs is 1. The maximum Gasteiger partial charge on any atom is 0.337 e. The lowest BCUT2D eigenvalue weighted by atomic mass is 9.83. The Kier molecular flexibility index (Phi) is 5.84. The summed E-state index contributed by atoms with van der Waals surface area (Å²) in [4.78, 5) is 24.2. The number of methoxy groups -OCH3 is 1. The number of hydrogen-bond donors (Lipinski definition) is 4. The van der Waals surface area contributed by atoms with Crippen LogP contribution >= 0.6 is 0 Å². The van der Waals surface area contributed by atoms with Crippen LogP contribution in [-0.4, -0.2) is 82.9 Å². The third-order valence-electron chi connectivity index (χ3n) is 5.55. The van der Waals surface area contributed by atoms with Gasteiger partial charge in [-0.2, -0.15) is 0 Å². The summed E-state index contributed by atoms with van der Waals surface area (Å²) in [5.41, 5.74) is 0.230. The Labute approximate surface area is 155 Å². The van der Waals surface area contributed by atoms with E-state index in [2.05, 4.69) is 0 Å². The van der Waals surface area contributed by atoms with Crippen molar-refractivity contribution in [2.45, 2.75) is 50.3 Å². The first-order chi connectivity index (χ1) is 12.8. The zero-order valence-electron chi connectivity index (χ0n) is 14.9. The maximum atomic E-state index is 12.2. The predicted octanol–water partition coefficient (Wildman–Crippen LogP) is -1.94. The molecule has 2 fully saturated rings. The fourth-order valence-electron chi connectivity index (χ4n) is 3.92. The molecular weight excluding hydrogens is 364 g/mol. The van der Waals surface area contributed by atoms with Crippen LogP contribution in [0.5, 0.6) is 0 Å². The Bertz CT molecular complexity index is 617. The Morgan fingerprint density at radius 1 is 1.22 bits per heavy atom. The molecule has 1 saturated carbocycles. The summed E-state index contributed by atoms with van der Waals surface area (Å²) in [6, 6.07) is 0. The largest absolute Gasteiger partial charge is 0.472 e. The van der Waals surface area contributed by atoms with Gasteiger partial charge in [0.25, 0.3) is 0 Å². The van der Waals surface area contributed by atoms with Crippen LogP contribution in [0.15, 0.2) is 11.8 Å². The van der Waals surface area contributed by atoms with Gasteiger partial charge >= 0.3 is 5.97 Å². The van der Waals surface area contributed by atoms with E-state index in [1.165, 1.54) is 13.4 Å². The molecule has 0 radical (unpaired) electrons. The molecule has 3 aliphatic rings. The minimum Gasteiger partial charge on any atom is -0.472 e. The van der Waals surface area contributed by atoms with Gasteiger partial charge in [-0.1, -0.05) is 6.92 Å². The second-order valence-corrected chi connectivity index (χ2v) is 7.05. The fraction of sp³-hybridized carbons (Fsp3) is 0.765. The number of carbonyl (C=O) groups is 2. The fourth-order valence-corrected chi connectivity index (χ4v) is 3.92. The summed E-state index contributed by atoms with van der Waals surface area (Å²) >= 11 is 0. The van der Waals surface area contributed by atoms with Gasteiger partial charge in [-0.3, -0.25) is 4.79 Å². The Balaban J connectivity index is 1.81. The number of aliphatic hydroxyl groups is 4. The Morgan fingerprint density at radius 2 is 1.93 bits per heavy atom. The van der Waals surface area contributed by atoms with Crippen molar-refractivity contribution in [2.75, 3.05) is 13.7 Å². The summed E-state index contributed by atoms with van der Waals surface area (Å²) in [5.74, 6) is -2.13. The highest BCUT2D eigenvalue weighted by molar-refractivity contribution is 5.92. The van der Waals surface area contributed by atoms with Gasteiger partial charge in [0.05, 0.1) is 25.6 Å². The first kappa shape index (κ1) is 20.2. The van der Waals surface area contributed by atoms with Gasteiger partial charge in [0.15, 0.2) is 6.29 Å². The number of rotatable bonds is 4. The Morgan fingerprint density at radius 3 is 2.56 bits per heavy atom. The van der Waals surface area contributed by atoms with Crippen molar-refractivity contribution in [1.82, 2.24) is 0 Å². The van der Waals surface area contributed by atoms with Crippen molar-refractivity contribution in [3.63, 3.8) is 0 Å². The molecular formula is C17H24O10. The highest BCUT2D eigenvalue weighted by atomic mass is 16.8. The molecule has 0 aromatic carbocycles. The molecule has 9 atom stereocenters. The molecule has 10 nitrogen and oxygen atoms in total. The van der Waals surface area contributed by atoms with Crippen LogP contribution in [0.1, 0.15) is 13.3 Å². The minimum atomic E-state index is -1.59. The molecule has 4 N–H and O–H groups in total. The number of hydrogen-bond acceptors (Lipinski definition) is 10. The van der Waals surface area contributed by atoms with E-state index in [4.69, 9.17) is 18.9 Å². The topological polar surface area (TPSA) is 152 Å². The zero-order valence-corrected chi connectivity index (χ0v) is 14.9. The molecule has 152 valence electrons. The van der Waals surface area contributed by atoms with E-state index in [1.54, 1.807) is 6.92 Å². The lowest BCUT2D eigenvalue weighted by Crippen LogP contribution is -2.60. The third-order valence-corrected chi connectivity index (χ3v) is 5.55. The molecule has 10 heteroatoms.